The molecule has 2 rings (SSSR count). The van der Waals surface area contributed by atoms with Crippen molar-refractivity contribution in [1.82, 2.24) is 9.78 Å². The van der Waals surface area contributed by atoms with E-state index >= 15 is 0 Å². The summed E-state index contributed by atoms with van der Waals surface area (Å²) < 4.78 is 7.06. The summed E-state index contributed by atoms with van der Waals surface area (Å²) in [5.41, 5.74) is 8.40. The molecule has 1 atom stereocenters. The van der Waals surface area contributed by atoms with Crippen molar-refractivity contribution in [3.63, 3.8) is 0 Å². The molecule has 0 bridgehead atoms. The van der Waals surface area contributed by atoms with E-state index in [1.54, 1.807) is 7.11 Å². The zero-order valence-corrected chi connectivity index (χ0v) is 11.8. The molecule has 0 aliphatic rings. The number of ether oxygens (including phenoxy) is 1. The highest BCUT2D eigenvalue weighted by Gasteiger charge is 2.21. The molecule has 0 fully saturated rings. The molecule has 1 unspecified atom stereocenters. The van der Waals surface area contributed by atoms with Crippen LogP contribution in [0, 0.1) is 0 Å². The Morgan fingerprint density at radius 1 is 1.26 bits per heavy atom. The molecule has 1 aromatic heterocycles. The van der Waals surface area contributed by atoms with Gasteiger partial charge in [-0.15, -0.1) is 0 Å². The van der Waals surface area contributed by atoms with Gasteiger partial charge in [-0.25, -0.2) is 0 Å². The van der Waals surface area contributed by atoms with E-state index in [0.29, 0.717) is 0 Å². The van der Waals surface area contributed by atoms with Gasteiger partial charge >= 0.3 is 0 Å². The summed E-state index contributed by atoms with van der Waals surface area (Å²) in [4.78, 5) is 0. The molecule has 0 aliphatic heterocycles. The lowest BCUT2D eigenvalue weighted by Gasteiger charge is -2.25. The van der Waals surface area contributed by atoms with Crippen molar-refractivity contribution in [3.8, 4) is 5.75 Å². The van der Waals surface area contributed by atoms with Crippen molar-refractivity contribution in [3.05, 3.63) is 47.8 Å². The molecule has 0 saturated carbocycles. The first-order valence-corrected chi connectivity index (χ1v) is 6.43. The first kappa shape index (κ1) is 13.6. The van der Waals surface area contributed by atoms with Crippen LogP contribution in [0.15, 0.2) is 36.5 Å². The van der Waals surface area contributed by atoms with E-state index in [2.05, 4.69) is 12.0 Å². The third-order valence-electron chi connectivity index (χ3n) is 3.57. The number of methoxy groups -OCH3 is 1. The van der Waals surface area contributed by atoms with Gasteiger partial charge in [0.1, 0.15) is 5.75 Å². The quantitative estimate of drug-likeness (QED) is 0.896. The highest BCUT2D eigenvalue weighted by atomic mass is 16.5. The summed E-state index contributed by atoms with van der Waals surface area (Å²) in [5, 5.41) is 4.17. The number of rotatable bonds is 5. The minimum Gasteiger partial charge on any atom is -0.497 e. The molecule has 0 amide bonds. The zero-order chi connectivity index (χ0) is 13.9. The van der Waals surface area contributed by atoms with E-state index in [-0.39, 0.29) is 5.54 Å². The van der Waals surface area contributed by atoms with Gasteiger partial charge in [-0.05, 0) is 43.5 Å². The van der Waals surface area contributed by atoms with Gasteiger partial charge in [-0.1, -0.05) is 12.1 Å². The lowest BCUT2D eigenvalue weighted by molar-refractivity contribution is 0.412. The van der Waals surface area contributed by atoms with E-state index in [4.69, 9.17) is 10.5 Å². The third-order valence-corrected chi connectivity index (χ3v) is 3.57. The topological polar surface area (TPSA) is 53.1 Å². The van der Waals surface area contributed by atoms with Crippen LogP contribution in [0.1, 0.15) is 24.6 Å². The summed E-state index contributed by atoms with van der Waals surface area (Å²) in [6, 6.07) is 9.99. The Balaban J connectivity index is 2.06. The molecular formula is C15H21N3O. The second-order valence-corrected chi connectivity index (χ2v) is 5.09. The Hall–Kier alpha value is -1.81. The highest BCUT2D eigenvalue weighted by Crippen LogP contribution is 2.25. The maximum Gasteiger partial charge on any atom is 0.118 e. The average molecular weight is 259 g/mol. The number of hydrogen-bond acceptors (Lipinski definition) is 3. The van der Waals surface area contributed by atoms with Crippen LogP contribution in [0.4, 0.5) is 0 Å². The monoisotopic (exact) mass is 259 g/mol. The van der Waals surface area contributed by atoms with Crippen LogP contribution in [-0.4, -0.2) is 16.9 Å². The maximum absolute atomic E-state index is 6.43. The fourth-order valence-corrected chi connectivity index (χ4v) is 2.15. The largest absolute Gasteiger partial charge is 0.497 e. The Morgan fingerprint density at radius 2 is 1.95 bits per heavy atom. The molecule has 19 heavy (non-hydrogen) atoms. The molecule has 0 saturated heterocycles. The molecular weight excluding hydrogens is 238 g/mol. The first-order valence-electron chi connectivity index (χ1n) is 6.43. The van der Waals surface area contributed by atoms with Crippen molar-refractivity contribution in [2.75, 3.05) is 7.11 Å². The summed E-state index contributed by atoms with van der Waals surface area (Å²) in [6.07, 6.45) is 3.60. The van der Waals surface area contributed by atoms with E-state index in [9.17, 15) is 0 Å². The lowest BCUT2D eigenvalue weighted by atomic mass is 9.88. The fourth-order valence-electron chi connectivity index (χ4n) is 2.15. The molecule has 2 N–H and O–H groups in total. The minimum atomic E-state index is -0.351. The first-order chi connectivity index (χ1) is 9.03. The smallest absolute Gasteiger partial charge is 0.118 e. The van der Waals surface area contributed by atoms with Crippen LogP contribution in [-0.2, 0) is 19.0 Å². The van der Waals surface area contributed by atoms with Gasteiger partial charge in [0.2, 0.25) is 0 Å². The number of aryl methyl sites for hydroxylation is 2. The molecule has 102 valence electrons. The fraction of sp³-hybridized carbons (Fsp3) is 0.400. The van der Waals surface area contributed by atoms with Gasteiger partial charge in [0, 0.05) is 24.5 Å². The Morgan fingerprint density at radius 3 is 2.47 bits per heavy atom. The van der Waals surface area contributed by atoms with Crippen molar-refractivity contribution in [2.24, 2.45) is 12.8 Å². The standard InChI is InChI=1S/C15H21N3O/c1-15(16,10-8-13-9-11-17-18(13)2)12-4-6-14(19-3)7-5-12/h4-7,9,11H,8,10,16H2,1-3H3. The van der Waals surface area contributed by atoms with E-state index in [1.807, 2.05) is 48.3 Å². The SMILES string of the molecule is COc1ccc(C(C)(N)CCc2ccnn2C)cc1. The lowest BCUT2D eigenvalue weighted by Crippen LogP contribution is -2.33. The predicted octanol–water partition coefficient (Wildman–Crippen LogP) is 2.24. The van der Waals surface area contributed by atoms with Gasteiger partial charge in [0.25, 0.3) is 0 Å². The van der Waals surface area contributed by atoms with Crippen molar-refractivity contribution in [2.45, 2.75) is 25.3 Å². The predicted molar refractivity (Wildman–Crippen MR) is 76.1 cm³/mol. The van der Waals surface area contributed by atoms with E-state index in [0.717, 1.165) is 24.2 Å². The molecule has 2 aromatic rings. The Labute approximate surface area is 114 Å². The molecule has 4 nitrogen and oxygen atoms in total. The van der Waals surface area contributed by atoms with Crippen LogP contribution < -0.4 is 10.5 Å². The summed E-state index contributed by atoms with van der Waals surface area (Å²) >= 11 is 0. The number of nitrogens with two attached hydrogens (primary N) is 1. The summed E-state index contributed by atoms with van der Waals surface area (Å²) in [5.74, 6) is 0.853. The third kappa shape index (κ3) is 3.15. The van der Waals surface area contributed by atoms with Crippen LogP contribution in [0.5, 0.6) is 5.75 Å². The van der Waals surface area contributed by atoms with Gasteiger partial charge in [0.05, 0.1) is 7.11 Å². The number of benzene rings is 1. The van der Waals surface area contributed by atoms with Gasteiger partial charge in [0.15, 0.2) is 0 Å². The van der Waals surface area contributed by atoms with Crippen molar-refractivity contribution < 1.29 is 4.74 Å². The second kappa shape index (κ2) is 5.45. The summed E-state index contributed by atoms with van der Waals surface area (Å²) in [7, 11) is 3.62. The molecule has 1 aromatic carbocycles. The maximum atomic E-state index is 6.43. The zero-order valence-electron chi connectivity index (χ0n) is 11.8. The van der Waals surface area contributed by atoms with Gasteiger partial charge in [-0.2, -0.15) is 5.10 Å². The molecule has 0 radical (unpaired) electrons. The highest BCUT2D eigenvalue weighted by molar-refractivity contribution is 5.31. The van der Waals surface area contributed by atoms with Crippen LogP contribution in [0.25, 0.3) is 0 Å². The van der Waals surface area contributed by atoms with Gasteiger partial charge in [-0.3, -0.25) is 4.68 Å². The van der Waals surface area contributed by atoms with Crippen molar-refractivity contribution in [1.29, 1.82) is 0 Å². The number of hydrogen-bond donors (Lipinski definition) is 1. The molecule has 4 heteroatoms. The number of nitrogens with zero attached hydrogens (tertiary/aromatic N) is 2. The van der Waals surface area contributed by atoms with Crippen LogP contribution in [0.3, 0.4) is 0 Å². The Bertz CT molecular complexity index is 529. The number of aromatic nitrogens is 2. The average Bonchev–Trinajstić information content (AvgIpc) is 2.82. The molecule has 0 aliphatic carbocycles. The van der Waals surface area contributed by atoms with Crippen molar-refractivity contribution >= 4 is 0 Å². The normalized spacial score (nSPS) is 14.1. The summed E-state index contributed by atoms with van der Waals surface area (Å²) in [6.45, 7) is 2.06. The van der Waals surface area contributed by atoms with Crippen LogP contribution in [0.2, 0.25) is 0 Å². The molecule has 1 heterocycles. The van der Waals surface area contributed by atoms with E-state index < -0.39 is 0 Å². The van der Waals surface area contributed by atoms with E-state index in [1.165, 1.54) is 5.69 Å². The molecule has 0 spiro atoms. The van der Waals surface area contributed by atoms with Crippen LogP contribution >= 0.6 is 0 Å². The minimum absolute atomic E-state index is 0.351. The second-order valence-electron chi connectivity index (χ2n) is 5.09. The Kier molecular flexibility index (Phi) is 3.90. The van der Waals surface area contributed by atoms with Gasteiger partial charge < -0.3 is 10.5 Å².